The summed E-state index contributed by atoms with van der Waals surface area (Å²) in [5.41, 5.74) is 4.48. The second-order valence-corrected chi connectivity index (χ2v) is 3.55. The number of carbonyl (C=O) groups is 2. The normalized spacial score (nSPS) is 11.3. The van der Waals surface area contributed by atoms with Gasteiger partial charge < -0.3 is 15.6 Å². The summed E-state index contributed by atoms with van der Waals surface area (Å²) in [6.45, 7) is 5.94. The van der Waals surface area contributed by atoms with Crippen LogP contribution in [0.15, 0.2) is 0 Å². The second kappa shape index (κ2) is 9.73. The van der Waals surface area contributed by atoms with Crippen molar-refractivity contribution in [1.29, 1.82) is 0 Å². The average Bonchev–Trinajstić information content (AvgIpc) is 2.03. The van der Waals surface area contributed by atoms with Crippen molar-refractivity contribution in [2.75, 3.05) is 6.61 Å². The summed E-state index contributed by atoms with van der Waals surface area (Å²) in [5, 5.41) is 8.31. The van der Waals surface area contributed by atoms with Crippen LogP contribution in [0, 0.1) is 5.92 Å². The van der Waals surface area contributed by atoms with Crippen LogP contribution in [0.1, 0.15) is 27.2 Å². The lowest BCUT2D eigenvalue weighted by Crippen LogP contribution is -2.31. The number of hydrogen-bond acceptors (Lipinski definition) is 4. The van der Waals surface area contributed by atoms with Gasteiger partial charge in [0.05, 0.1) is 6.61 Å². The molecule has 0 amide bonds. The van der Waals surface area contributed by atoms with Gasteiger partial charge in [-0.25, -0.2) is 4.79 Å². The Balaban J connectivity index is 0. The number of ether oxygens (including phenoxy) is 1. The van der Waals surface area contributed by atoms with Gasteiger partial charge >= 0.3 is 11.4 Å². The molecule has 0 aromatic heterocycles. The summed E-state index contributed by atoms with van der Waals surface area (Å²) in [4.78, 5) is 19.7. The quantitative estimate of drug-likeness (QED) is 0.731. The molecule has 0 saturated heterocycles. The van der Waals surface area contributed by atoms with E-state index in [1.807, 2.05) is 13.8 Å². The predicted octanol–water partition coefficient (Wildman–Crippen LogP) is 1.83. The molecule has 0 heterocycles. The molecule has 3 N–H and O–H groups in total. The highest BCUT2D eigenvalue weighted by atomic mass is 35.5. The van der Waals surface area contributed by atoms with Gasteiger partial charge in [0, 0.05) is 11.6 Å². The van der Waals surface area contributed by atoms with Crippen molar-refractivity contribution in [3.63, 3.8) is 0 Å². The van der Waals surface area contributed by atoms with Gasteiger partial charge in [0.15, 0.2) is 0 Å². The Labute approximate surface area is 94.5 Å². The van der Waals surface area contributed by atoms with E-state index in [4.69, 9.17) is 22.4 Å². The lowest BCUT2D eigenvalue weighted by Gasteiger charge is -2.07. The highest BCUT2D eigenvalue weighted by Crippen LogP contribution is 2.01. The second-order valence-electron chi connectivity index (χ2n) is 3.24. The molecular formula is C9H18ClNO4. The first kappa shape index (κ1) is 16.6. The first-order chi connectivity index (χ1) is 6.81. The fraction of sp³-hybridized carbons (Fsp3) is 0.778. The van der Waals surface area contributed by atoms with Gasteiger partial charge in [-0.05, 0) is 19.3 Å². The zero-order valence-electron chi connectivity index (χ0n) is 9.20. The van der Waals surface area contributed by atoms with E-state index in [0.29, 0.717) is 18.9 Å². The topological polar surface area (TPSA) is 89.6 Å². The Kier molecular flexibility index (Phi) is 10.8. The molecule has 0 aliphatic carbocycles. The predicted molar refractivity (Wildman–Crippen MR) is 57.9 cm³/mol. The monoisotopic (exact) mass is 239 g/mol. The Morgan fingerprint density at radius 1 is 1.47 bits per heavy atom. The Bertz CT molecular complexity index is 197. The zero-order chi connectivity index (χ0) is 12.4. The summed E-state index contributed by atoms with van der Waals surface area (Å²) >= 11 is 4.72. The van der Waals surface area contributed by atoms with Gasteiger partial charge in [-0.15, -0.1) is 0 Å². The lowest BCUT2D eigenvalue weighted by atomic mass is 10.1. The van der Waals surface area contributed by atoms with Crippen LogP contribution in [0.25, 0.3) is 0 Å². The van der Waals surface area contributed by atoms with Gasteiger partial charge in [0.2, 0.25) is 0 Å². The number of rotatable bonds is 4. The molecule has 0 unspecified atom stereocenters. The highest BCUT2D eigenvalue weighted by molar-refractivity contribution is 6.61. The van der Waals surface area contributed by atoms with Gasteiger partial charge in [-0.2, -0.15) is 0 Å². The number of carbonyl (C=O) groups excluding carboxylic acids is 1. The molecule has 0 spiro atoms. The summed E-state index contributed by atoms with van der Waals surface area (Å²) in [6, 6.07) is -0.690. The van der Waals surface area contributed by atoms with Crippen LogP contribution in [0.2, 0.25) is 0 Å². The number of halogens is 1. The van der Waals surface area contributed by atoms with Crippen LogP contribution in [0.4, 0.5) is 4.79 Å². The molecule has 0 aromatic carbocycles. The zero-order valence-corrected chi connectivity index (χ0v) is 9.95. The largest absolute Gasteiger partial charge is 0.480 e. The molecule has 0 bridgehead atoms. The maximum Gasteiger partial charge on any atom is 0.403 e. The van der Waals surface area contributed by atoms with Gasteiger partial charge in [-0.1, -0.05) is 13.8 Å². The van der Waals surface area contributed by atoms with Crippen LogP contribution in [0.5, 0.6) is 0 Å². The fourth-order valence-corrected chi connectivity index (χ4v) is 0.831. The molecule has 0 rings (SSSR count). The molecule has 1 atom stereocenters. The van der Waals surface area contributed by atoms with E-state index in [0.717, 1.165) is 0 Å². The van der Waals surface area contributed by atoms with E-state index >= 15 is 0 Å². The van der Waals surface area contributed by atoms with Crippen LogP contribution >= 0.6 is 11.6 Å². The van der Waals surface area contributed by atoms with Gasteiger partial charge in [0.25, 0.3) is 0 Å². The molecule has 0 aromatic rings. The third kappa shape index (κ3) is 15.9. The average molecular weight is 240 g/mol. The van der Waals surface area contributed by atoms with Crippen molar-refractivity contribution >= 4 is 23.0 Å². The molecule has 0 aliphatic heterocycles. The molecular weight excluding hydrogens is 222 g/mol. The van der Waals surface area contributed by atoms with Gasteiger partial charge in [-0.3, -0.25) is 4.79 Å². The Hall–Kier alpha value is -0.810. The third-order valence-electron chi connectivity index (χ3n) is 1.30. The van der Waals surface area contributed by atoms with Crippen molar-refractivity contribution in [1.82, 2.24) is 0 Å². The minimum absolute atomic E-state index is 0.350. The Morgan fingerprint density at radius 2 is 1.93 bits per heavy atom. The van der Waals surface area contributed by atoms with Crippen molar-refractivity contribution in [2.45, 2.75) is 33.2 Å². The van der Waals surface area contributed by atoms with Crippen LogP contribution < -0.4 is 5.73 Å². The van der Waals surface area contributed by atoms with Crippen LogP contribution in [-0.2, 0) is 9.53 Å². The first-order valence-corrected chi connectivity index (χ1v) is 4.99. The van der Waals surface area contributed by atoms with Crippen molar-refractivity contribution in [3.05, 3.63) is 0 Å². The van der Waals surface area contributed by atoms with E-state index in [-0.39, 0.29) is 0 Å². The third-order valence-corrected chi connectivity index (χ3v) is 1.41. The van der Waals surface area contributed by atoms with Crippen LogP contribution in [0.3, 0.4) is 0 Å². The standard InChI is InChI=1S/C6H13NO2.C3H5ClO2/c1-4(2)3-5(7)6(8)9;1-2-6-3(4)5/h4-5H,3,7H2,1-2H3,(H,8,9);2H2,1H3/t5-;/m0./s1. The van der Waals surface area contributed by atoms with E-state index in [1.165, 1.54) is 0 Å². The molecule has 0 fully saturated rings. The van der Waals surface area contributed by atoms with Crippen molar-refractivity contribution in [3.8, 4) is 0 Å². The lowest BCUT2D eigenvalue weighted by molar-refractivity contribution is -0.138. The molecule has 0 aliphatic rings. The molecule has 90 valence electrons. The summed E-state index contributed by atoms with van der Waals surface area (Å²) in [6.07, 6.45) is 0.551. The number of carboxylic acids is 1. The number of aliphatic carboxylic acids is 1. The number of hydrogen-bond donors (Lipinski definition) is 2. The summed E-state index contributed by atoms with van der Waals surface area (Å²) in [7, 11) is 0. The van der Waals surface area contributed by atoms with E-state index in [1.54, 1.807) is 6.92 Å². The summed E-state index contributed by atoms with van der Waals surface area (Å²) < 4.78 is 4.17. The summed E-state index contributed by atoms with van der Waals surface area (Å²) in [5.74, 6) is -0.556. The van der Waals surface area contributed by atoms with E-state index < -0.39 is 17.4 Å². The number of nitrogens with two attached hydrogens (primary N) is 1. The molecule has 0 saturated carbocycles. The molecule has 5 nitrogen and oxygen atoms in total. The molecule has 0 radical (unpaired) electrons. The smallest absolute Gasteiger partial charge is 0.403 e. The maximum absolute atomic E-state index is 10.1. The van der Waals surface area contributed by atoms with Crippen molar-refractivity contribution < 1.29 is 19.4 Å². The molecule has 6 heteroatoms. The van der Waals surface area contributed by atoms with Crippen LogP contribution in [-0.4, -0.2) is 29.2 Å². The Morgan fingerprint density at radius 3 is 2.00 bits per heavy atom. The fourth-order valence-electron chi connectivity index (χ4n) is 0.722. The maximum atomic E-state index is 10.1. The van der Waals surface area contributed by atoms with Crippen molar-refractivity contribution in [2.24, 2.45) is 11.7 Å². The van der Waals surface area contributed by atoms with E-state index in [2.05, 4.69) is 4.74 Å². The number of carboxylic acid groups (broad SMARTS) is 1. The van der Waals surface area contributed by atoms with Gasteiger partial charge in [0.1, 0.15) is 6.04 Å². The molecule has 15 heavy (non-hydrogen) atoms. The SMILES string of the molecule is CC(C)C[C@H](N)C(=O)O.CCOC(=O)Cl. The van der Waals surface area contributed by atoms with E-state index in [9.17, 15) is 9.59 Å². The highest BCUT2D eigenvalue weighted by Gasteiger charge is 2.11. The first-order valence-electron chi connectivity index (χ1n) is 4.61. The minimum Gasteiger partial charge on any atom is -0.480 e. The minimum atomic E-state index is -0.913.